The van der Waals surface area contributed by atoms with Gasteiger partial charge in [0, 0.05) is 5.56 Å². The highest BCUT2D eigenvalue weighted by molar-refractivity contribution is 6.30. The molecule has 0 saturated carbocycles. The standard InChI is InChI=1S/C11H12ClF4NO.ClH/c1-2-8(18)10(17)6-3-5(11(14,15)16)4-7(12)9(6)13;/h3-4,8,10,18H,2,17H2,1H3;1H/t8-,10+;/m0./s1. The van der Waals surface area contributed by atoms with E-state index in [9.17, 15) is 22.7 Å². The van der Waals surface area contributed by atoms with Gasteiger partial charge in [-0.05, 0) is 18.6 Å². The summed E-state index contributed by atoms with van der Waals surface area (Å²) in [4.78, 5) is 0. The van der Waals surface area contributed by atoms with E-state index < -0.39 is 40.3 Å². The predicted octanol–water partition coefficient (Wildman–Crippen LogP) is 3.69. The highest BCUT2D eigenvalue weighted by atomic mass is 35.5. The van der Waals surface area contributed by atoms with Crippen molar-refractivity contribution in [3.8, 4) is 0 Å². The summed E-state index contributed by atoms with van der Waals surface area (Å²) in [6.07, 6.45) is -5.60. The van der Waals surface area contributed by atoms with Crippen molar-refractivity contribution >= 4 is 24.0 Å². The van der Waals surface area contributed by atoms with Crippen molar-refractivity contribution in [2.24, 2.45) is 5.73 Å². The Labute approximate surface area is 119 Å². The number of hydrogen-bond donors (Lipinski definition) is 2. The minimum Gasteiger partial charge on any atom is -0.391 e. The van der Waals surface area contributed by atoms with Crippen molar-refractivity contribution in [2.45, 2.75) is 31.7 Å². The highest BCUT2D eigenvalue weighted by Gasteiger charge is 2.33. The number of hydrogen-bond acceptors (Lipinski definition) is 2. The molecule has 0 fully saturated rings. The van der Waals surface area contributed by atoms with Crippen LogP contribution < -0.4 is 5.73 Å². The summed E-state index contributed by atoms with van der Waals surface area (Å²) in [7, 11) is 0. The second-order valence-corrected chi connectivity index (χ2v) is 4.27. The van der Waals surface area contributed by atoms with Crippen molar-refractivity contribution in [3.63, 3.8) is 0 Å². The molecule has 110 valence electrons. The number of benzene rings is 1. The molecule has 8 heteroatoms. The molecule has 0 heterocycles. The smallest absolute Gasteiger partial charge is 0.391 e. The largest absolute Gasteiger partial charge is 0.416 e. The van der Waals surface area contributed by atoms with Crippen molar-refractivity contribution in [1.82, 2.24) is 0 Å². The third-order valence-corrected chi connectivity index (χ3v) is 2.85. The molecular weight excluding hydrogens is 309 g/mol. The summed E-state index contributed by atoms with van der Waals surface area (Å²) < 4.78 is 51.3. The van der Waals surface area contributed by atoms with Gasteiger partial charge in [-0.3, -0.25) is 0 Å². The van der Waals surface area contributed by atoms with E-state index in [-0.39, 0.29) is 18.8 Å². The maximum absolute atomic E-state index is 13.6. The van der Waals surface area contributed by atoms with Gasteiger partial charge in [-0.2, -0.15) is 13.2 Å². The Kier molecular flexibility index (Phi) is 6.54. The summed E-state index contributed by atoms with van der Waals surface area (Å²) in [5.74, 6) is -1.04. The van der Waals surface area contributed by atoms with Gasteiger partial charge in [0.25, 0.3) is 0 Å². The first-order chi connectivity index (χ1) is 8.18. The van der Waals surface area contributed by atoms with Gasteiger partial charge in [-0.25, -0.2) is 4.39 Å². The van der Waals surface area contributed by atoms with Gasteiger partial charge < -0.3 is 10.8 Å². The van der Waals surface area contributed by atoms with Crippen molar-refractivity contribution < 1.29 is 22.7 Å². The van der Waals surface area contributed by atoms with E-state index in [4.69, 9.17) is 17.3 Å². The quantitative estimate of drug-likeness (QED) is 0.834. The van der Waals surface area contributed by atoms with Gasteiger partial charge >= 0.3 is 6.18 Å². The Morgan fingerprint density at radius 1 is 1.37 bits per heavy atom. The van der Waals surface area contributed by atoms with Crippen LogP contribution in [0.15, 0.2) is 12.1 Å². The normalized spacial score (nSPS) is 14.7. The van der Waals surface area contributed by atoms with Gasteiger partial charge in [0.05, 0.1) is 22.7 Å². The summed E-state index contributed by atoms with van der Waals surface area (Å²) in [5.41, 5.74) is 3.98. The first-order valence-corrected chi connectivity index (χ1v) is 5.56. The fraction of sp³-hybridized carbons (Fsp3) is 0.455. The lowest BCUT2D eigenvalue weighted by molar-refractivity contribution is -0.137. The van der Waals surface area contributed by atoms with Crippen LogP contribution in [0.2, 0.25) is 5.02 Å². The average molecular weight is 322 g/mol. The number of halogens is 6. The molecule has 1 rings (SSSR count). The molecule has 0 amide bonds. The molecule has 0 bridgehead atoms. The molecule has 0 aliphatic heterocycles. The average Bonchev–Trinajstić information content (AvgIpc) is 2.29. The van der Waals surface area contributed by atoms with E-state index in [1.54, 1.807) is 6.92 Å². The molecular formula is C11H13Cl2F4NO. The zero-order valence-electron chi connectivity index (χ0n) is 9.84. The molecule has 1 aromatic carbocycles. The van der Waals surface area contributed by atoms with Crippen LogP contribution in [0.5, 0.6) is 0 Å². The second-order valence-electron chi connectivity index (χ2n) is 3.86. The second kappa shape index (κ2) is 6.74. The third-order valence-electron chi connectivity index (χ3n) is 2.58. The molecule has 0 radical (unpaired) electrons. The SMILES string of the molecule is CC[C@H](O)[C@H](N)c1cc(C(F)(F)F)cc(Cl)c1F.Cl. The minimum atomic E-state index is -4.65. The molecule has 0 unspecified atom stereocenters. The van der Waals surface area contributed by atoms with Crippen LogP contribution in [-0.2, 0) is 6.18 Å². The van der Waals surface area contributed by atoms with Gasteiger partial charge in [-0.15, -0.1) is 12.4 Å². The first kappa shape index (κ1) is 18.4. The van der Waals surface area contributed by atoms with Gasteiger partial charge in [-0.1, -0.05) is 18.5 Å². The Morgan fingerprint density at radius 3 is 2.32 bits per heavy atom. The molecule has 2 nitrogen and oxygen atoms in total. The van der Waals surface area contributed by atoms with Crippen LogP contribution in [-0.4, -0.2) is 11.2 Å². The number of rotatable bonds is 3. The molecule has 0 saturated heterocycles. The Bertz CT molecular complexity index is 439. The van der Waals surface area contributed by atoms with Crippen molar-refractivity contribution in [3.05, 3.63) is 34.1 Å². The first-order valence-electron chi connectivity index (χ1n) is 5.18. The number of nitrogens with two attached hydrogens (primary N) is 1. The Hall–Kier alpha value is -0.560. The van der Waals surface area contributed by atoms with E-state index in [0.717, 1.165) is 0 Å². The van der Waals surface area contributed by atoms with Crippen LogP contribution in [0.25, 0.3) is 0 Å². The maximum Gasteiger partial charge on any atom is 0.416 e. The molecule has 0 aliphatic rings. The van der Waals surface area contributed by atoms with Crippen LogP contribution in [0, 0.1) is 5.82 Å². The van der Waals surface area contributed by atoms with Crippen LogP contribution in [0.3, 0.4) is 0 Å². The topological polar surface area (TPSA) is 46.2 Å². The van der Waals surface area contributed by atoms with Gasteiger partial charge in [0.1, 0.15) is 5.82 Å². The zero-order valence-corrected chi connectivity index (χ0v) is 11.4. The molecule has 1 aromatic rings. The number of aliphatic hydroxyl groups is 1. The molecule has 19 heavy (non-hydrogen) atoms. The van der Waals surface area contributed by atoms with E-state index >= 15 is 0 Å². The van der Waals surface area contributed by atoms with Crippen LogP contribution >= 0.6 is 24.0 Å². The van der Waals surface area contributed by atoms with E-state index in [1.165, 1.54) is 0 Å². The maximum atomic E-state index is 13.6. The van der Waals surface area contributed by atoms with Gasteiger partial charge in [0.2, 0.25) is 0 Å². The van der Waals surface area contributed by atoms with Crippen LogP contribution in [0.4, 0.5) is 17.6 Å². The lowest BCUT2D eigenvalue weighted by Crippen LogP contribution is -2.27. The molecule has 2 atom stereocenters. The molecule has 0 spiro atoms. The fourth-order valence-electron chi connectivity index (χ4n) is 1.48. The molecule has 3 N–H and O–H groups in total. The number of alkyl halides is 3. The monoisotopic (exact) mass is 321 g/mol. The van der Waals surface area contributed by atoms with Crippen molar-refractivity contribution in [1.29, 1.82) is 0 Å². The number of aliphatic hydroxyl groups excluding tert-OH is 1. The van der Waals surface area contributed by atoms with E-state index in [2.05, 4.69) is 0 Å². The van der Waals surface area contributed by atoms with Crippen LogP contribution in [0.1, 0.15) is 30.5 Å². The fourth-order valence-corrected chi connectivity index (χ4v) is 1.70. The Morgan fingerprint density at radius 2 is 1.89 bits per heavy atom. The van der Waals surface area contributed by atoms with E-state index in [0.29, 0.717) is 12.1 Å². The van der Waals surface area contributed by atoms with Gasteiger partial charge in [0.15, 0.2) is 0 Å². The van der Waals surface area contributed by atoms with Crippen molar-refractivity contribution in [2.75, 3.05) is 0 Å². The Balaban J connectivity index is 0.00000324. The summed E-state index contributed by atoms with van der Waals surface area (Å²) in [5, 5.41) is 8.80. The zero-order chi connectivity index (χ0) is 14.1. The third kappa shape index (κ3) is 4.21. The predicted molar refractivity (Wildman–Crippen MR) is 66.9 cm³/mol. The minimum absolute atomic E-state index is 0. The summed E-state index contributed by atoms with van der Waals surface area (Å²) in [6.45, 7) is 1.58. The summed E-state index contributed by atoms with van der Waals surface area (Å²) in [6, 6.07) is -0.189. The lowest BCUT2D eigenvalue weighted by atomic mass is 9.98. The lowest BCUT2D eigenvalue weighted by Gasteiger charge is -2.20. The molecule has 0 aliphatic carbocycles. The van der Waals surface area contributed by atoms with E-state index in [1.807, 2.05) is 0 Å². The highest BCUT2D eigenvalue weighted by Crippen LogP contribution is 2.35. The summed E-state index contributed by atoms with van der Waals surface area (Å²) >= 11 is 5.40. The molecule has 0 aromatic heterocycles.